The SMILES string of the molecule is COc1cc(NC(=O)NC(C)CC(C)C)ccc1C(=O)O. The first-order valence-corrected chi connectivity index (χ1v) is 6.82. The quantitative estimate of drug-likeness (QED) is 0.752. The summed E-state index contributed by atoms with van der Waals surface area (Å²) < 4.78 is 5.01. The van der Waals surface area contributed by atoms with Gasteiger partial charge in [-0.3, -0.25) is 0 Å². The van der Waals surface area contributed by atoms with Gasteiger partial charge in [0.25, 0.3) is 0 Å². The summed E-state index contributed by atoms with van der Waals surface area (Å²) in [6, 6.07) is 4.14. The van der Waals surface area contributed by atoms with E-state index < -0.39 is 5.97 Å². The van der Waals surface area contributed by atoms with E-state index in [9.17, 15) is 9.59 Å². The summed E-state index contributed by atoms with van der Waals surface area (Å²) >= 11 is 0. The van der Waals surface area contributed by atoms with Crippen LogP contribution in [-0.4, -0.2) is 30.3 Å². The van der Waals surface area contributed by atoms with Crippen LogP contribution in [0.15, 0.2) is 18.2 Å². The maximum atomic E-state index is 11.8. The molecule has 6 nitrogen and oxygen atoms in total. The van der Waals surface area contributed by atoms with Crippen molar-refractivity contribution in [3.63, 3.8) is 0 Å². The fourth-order valence-electron chi connectivity index (χ4n) is 2.10. The first-order chi connectivity index (χ1) is 9.83. The summed E-state index contributed by atoms with van der Waals surface area (Å²) in [7, 11) is 1.39. The largest absolute Gasteiger partial charge is 0.496 e. The molecule has 0 aliphatic heterocycles. The second kappa shape index (κ2) is 7.52. The molecule has 0 spiro atoms. The molecule has 3 N–H and O–H groups in total. The van der Waals surface area contributed by atoms with Crippen LogP contribution in [0.25, 0.3) is 0 Å². The van der Waals surface area contributed by atoms with E-state index in [1.54, 1.807) is 0 Å². The number of aromatic carboxylic acids is 1. The van der Waals surface area contributed by atoms with Crippen LogP contribution in [0.2, 0.25) is 0 Å². The molecule has 0 saturated carbocycles. The van der Waals surface area contributed by atoms with Crippen molar-refractivity contribution < 1.29 is 19.4 Å². The third-order valence-electron chi connectivity index (χ3n) is 2.89. The molecule has 1 atom stereocenters. The van der Waals surface area contributed by atoms with Crippen LogP contribution in [-0.2, 0) is 0 Å². The summed E-state index contributed by atoms with van der Waals surface area (Å²) in [5.74, 6) is -0.376. The van der Waals surface area contributed by atoms with Gasteiger partial charge in [0, 0.05) is 17.8 Å². The maximum absolute atomic E-state index is 11.8. The van der Waals surface area contributed by atoms with Crippen molar-refractivity contribution in [2.24, 2.45) is 5.92 Å². The minimum absolute atomic E-state index is 0.0524. The molecule has 1 unspecified atom stereocenters. The summed E-state index contributed by atoms with van der Waals surface area (Å²) in [6.45, 7) is 6.12. The Morgan fingerprint density at radius 2 is 1.95 bits per heavy atom. The van der Waals surface area contributed by atoms with Crippen LogP contribution in [0.5, 0.6) is 5.75 Å². The molecule has 0 fully saturated rings. The monoisotopic (exact) mass is 294 g/mol. The average Bonchev–Trinajstić information content (AvgIpc) is 2.36. The van der Waals surface area contributed by atoms with Gasteiger partial charge in [-0.2, -0.15) is 0 Å². The number of nitrogens with one attached hydrogen (secondary N) is 2. The van der Waals surface area contributed by atoms with Gasteiger partial charge < -0.3 is 20.5 Å². The van der Waals surface area contributed by atoms with E-state index in [2.05, 4.69) is 24.5 Å². The van der Waals surface area contributed by atoms with Crippen molar-refractivity contribution in [2.45, 2.75) is 33.2 Å². The minimum Gasteiger partial charge on any atom is -0.496 e. The van der Waals surface area contributed by atoms with Crippen molar-refractivity contribution in [1.29, 1.82) is 0 Å². The molecule has 1 aromatic rings. The Balaban J connectivity index is 2.70. The highest BCUT2D eigenvalue weighted by molar-refractivity contribution is 5.94. The number of carboxylic acids is 1. The second-order valence-corrected chi connectivity index (χ2v) is 5.35. The third-order valence-corrected chi connectivity index (χ3v) is 2.89. The topological polar surface area (TPSA) is 87.7 Å². The van der Waals surface area contributed by atoms with E-state index in [4.69, 9.17) is 9.84 Å². The molecule has 0 saturated heterocycles. The normalized spacial score (nSPS) is 11.9. The molecule has 0 radical (unpaired) electrons. The second-order valence-electron chi connectivity index (χ2n) is 5.35. The molecule has 0 aliphatic carbocycles. The number of urea groups is 1. The predicted octanol–water partition coefficient (Wildman–Crippen LogP) is 2.95. The summed E-state index contributed by atoms with van der Waals surface area (Å²) in [5.41, 5.74) is 0.530. The number of rotatable bonds is 6. The van der Waals surface area contributed by atoms with Gasteiger partial charge in [0.15, 0.2) is 0 Å². The lowest BCUT2D eigenvalue weighted by atomic mass is 10.1. The molecule has 0 aromatic heterocycles. The number of methoxy groups -OCH3 is 1. The van der Waals surface area contributed by atoms with Crippen LogP contribution >= 0.6 is 0 Å². The van der Waals surface area contributed by atoms with Crippen molar-refractivity contribution in [3.8, 4) is 5.75 Å². The lowest BCUT2D eigenvalue weighted by Gasteiger charge is -2.16. The Bertz CT molecular complexity index is 514. The van der Waals surface area contributed by atoms with Gasteiger partial charge in [-0.25, -0.2) is 9.59 Å². The zero-order valence-corrected chi connectivity index (χ0v) is 12.8. The van der Waals surface area contributed by atoms with E-state index >= 15 is 0 Å². The summed E-state index contributed by atoms with van der Waals surface area (Å²) in [4.78, 5) is 22.8. The van der Waals surface area contributed by atoms with Crippen molar-refractivity contribution in [3.05, 3.63) is 23.8 Å². The number of carboxylic acid groups (broad SMARTS) is 1. The van der Waals surface area contributed by atoms with Crippen LogP contribution in [0.1, 0.15) is 37.6 Å². The molecule has 0 bridgehead atoms. The van der Waals surface area contributed by atoms with Gasteiger partial charge in [-0.1, -0.05) is 13.8 Å². The number of amides is 2. The molecule has 1 aromatic carbocycles. The molecule has 0 heterocycles. The van der Waals surface area contributed by atoms with Crippen LogP contribution < -0.4 is 15.4 Å². The predicted molar refractivity (Wildman–Crippen MR) is 81.0 cm³/mol. The van der Waals surface area contributed by atoms with E-state index in [-0.39, 0.29) is 23.4 Å². The van der Waals surface area contributed by atoms with Crippen LogP contribution in [0.3, 0.4) is 0 Å². The van der Waals surface area contributed by atoms with E-state index in [1.807, 2.05) is 6.92 Å². The molecular formula is C15H22N2O4. The fourth-order valence-corrected chi connectivity index (χ4v) is 2.10. The van der Waals surface area contributed by atoms with E-state index in [0.717, 1.165) is 6.42 Å². The Hall–Kier alpha value is -2.24. The zero-order chi connectivity index (χ0) is 16.0. The number of carbonyl (C=O) groups is 2. The van der Waals surface area contributed by atoms with Gasteiger partial charge in [0.1, 0.15) is 11.3 Å². The van der Waals surface area contributed by atoms with Gasteiger partial charge in [0.05, 0.1) is 7.11 Å². The molecule has 21 heavy (non-hydrogen) atoms. The average molecular weight is 294 g/mol. The Kier molecular flexibility index (Phi) is 6.02. The summed E-state index contributed by atoms with van der Waals surface area (Å²) in [5, 5.41) is 14.5. The van der Waals surface area contributed by atoms with E-state index in [0.29, 0.717) is 11.6 Å². The summed E-state index contributed by atoms with van der Waals surface area (Å²) in [6.07, 6.45) is 0.884. The Morgan fingerprint density at radius 1 is 1.29 bits per heavy atom. The van der Waals surface area contributed by atoms with Gasteiger partial charge in [0.2, 0.25) is 0 Å². The van der Waals surface area contributed by atoms with Crippen molar-refractivity contribution in [2.75, 3.05) is 12.4 Å². The number of hydrogen-bond donors (Lipinski definition) is 3. The lowest BCUT2D eigenvalue weighted by Crippen LogP contribution is -2.36. The number of ether oxygens (including phenoxy) is 1. The van der Waals surface area contributed by atoms with Crippen LogP contribution in [0, 0.1) is 5.92 Å². The minimum atomic E-state index is -1.08. The number of benzene rings is 1. The highest BCUT2D eigenvalue weighted by Crippen LogP contribution is 2.23. The van der Waals surface area contributed by atoms with E-state index in [1.165, 1.54) is 25.3 Å². The fraction of sp³-hybridized carbons (Fsp3) is 0.467. The first-order valence-electron chi connectivity index (χ1n) is 6.82. The van der Waals surface area contributed by atoms with Gasteiger partial charge in [-0.05, 0) is 31.4 Å². The Labute approximate surface area is 124 Å². The molecule has 2 amide bonds. The lowest BCUT2D eigenvalue weighted by molar-refractivity contribution is 0.0693. The molecular weight excluding hydrogens is 272 g/mol. The molecule has 1 rings (SSSR count). The van der Waals surface area contributed by atoms with Crippen LogP contribution in [0.4, 0.5) is 10.5 Å². The smallest absolute Gasteiger partial charge is 0.339 e. The van der Waals surface area contributed by atoms with Crippen molar-refractivity contribution >= 4 is 17.7 Å². The highest BCUT2D eigenvalue weighted by Gasteiger charge is 2.13. The first kappa shape index (κ1) is 16.8. The third kappa shape index (κ3) is 5.33. The number of hydrogen-bond acceptors (Lipinski definition) is 3. The van der Waals surface area contributed by atoms with Crippen molar-refractivity contribution in [1.82, 2.24) is 5.32 Å². The highest BCUT2D eigenvalue weighted by atomic mass is 16.5. The molecule has 6 heteroatoms. The molecule has 116 valence electrons. The maximum Gasteiger partial charge on any atom is 0.339 e. The number of carbonyl (C=O) groups excluding carboxylic acids is 1. The zero-order valence-electron chi connectivity index (χ0n) is 12.8. The Morgan fingerprint density at radius 3 is 2.48 bits per heavy atom. The van der Waals surface area contributed by atoms with Gasteiger partial charge >= 0.3 is 12.0 Å². The van der Waals surface area contributed by atoms with Gasteiger partial charge in [-0.15, -0.1) is 0 Å². The standard InChI is InChI=1S/C15H22N2O4/c1-9(2)7-10(3)16-15(20)17-11-5-6-12(14(18)19)13(8-11)21-4/h5-6,8-10H,7H2,1-4H3,(H,18,19)(H2,16,17,20). The number of anilines is 1. The molecule has 0 aliphatic rings.